The first-order valence-electron chi connectivity index (χ1n) is 6.12. The van der Waals surface area contributed by atoms with Gasteiger partial charge in [-0.1, -0.05) is 17.3 Å². The van der Waals surface area contributed by atoms with Crippen molar-refractivity contribution in [2.45, 2.75) is 19.0 Å². The number of nitrogens with zero attached hydrogens (tertiary/aromatic N) is 1. The van der Waals surface area contributed by atoms with Crippen LogP contribution in [0, 0.1) is 0 Å². The van der Waals surface area contributed by atoms with Crippen molar-refractivity contribution in [1.29, 1.82) is 0 Å². The van der Waals surface area contributed by atoms with Crippen LogP contribution < -0.4 is 4.74 Å². The van der Waals surface area contributed by atoms with Crippen LogP contribution in [0.25, 0.3) is 0 Å². The third-order valence-corrected chi connectivity index (χ3v) is 2.93. The predicted molar refractivity (Wildman–Crippen MR) is 65.5 cm³/mol. The Hall–Kier alpha value is -1.76. The van der Waals surface area contributed by atoms with Gasteiger partial charge in [0.15, 0.2) is 0 Å². The van der Waals surface area contributed by atoms with Crippen LogP contribution in [0.15, 0.2) is 23.4 Å². The highest BCUT2D eigenvalue weighted by molar-refractivity contribution is 6.04. The van der Waals surface area contributed by atoms with Crippen molar-refractivity contribution in [3.63, 3.8) is 0 Å². The molecule has 0 saturated carbocycles. The lowest BCUT2D eigenvalue weighted by molar-refractivity contribution is -0.175. The smallest absolute Gasteiger partial charge is 0.411 e. The van der Waals surface area contributed by atoms with Gasteiger partial charge in [0, 0.05) is 11.1 Å². The molecule has 0 aliphatic heterocycles. The molecule has 1 aromatic rings. The summed E-state index contributed by atoms with van der Waals surface area (Å²) in [5, 5.41) is 12.1. The van der Waals surface area contributed by atoms with Gasteiger partial charge in [0.25, 0.3) is 0 Å². The summed E-state index contributed by atoms with van der Waals surface area (Å²) in [6.07, 6.45) is -3.01. The Kier molecular flexibility index (Phi) is 4.49. The summed E-state index contributed by atoms with van der Waals surface area (Å²) < 4.78 is 45.5. The van der Waals surface area contributed by atoms with Crippen molar-refractivity contribution in [3.8, 4) is 5.75 Å². The van der Waals surface area contributed by atoms with E-state index in [0.29, 0.717) is 24.3 Å². The summed E-state index contributed by atoms with van der Waals surface area (Å²) >= 11 is 0. The second kappa shape index (κ2) is 6.13. The summed E-state index contributed by atoms with van der Waals surface area (Å²) in [6.45, 7) is -1.37. The maximum atomic E-state index is 11.9. The van der Waals surface area contributed by atoms with Crippen molar-refractivity contribution in [1.82, 2.24) is 0 Å². The molecule has 1 aromatic carbocycles. The average molecular weight is 289 g/mol. The highest BCUT2D eigenvalue weighted by Crippen LogP contribution is 2.30. The number of ether oxygens (including phenoxy) is 2. The number of alkyl halides is 3. The Morgan fingerprint density at radius 3 is 2.70 bits per heavy atom. The second-order valence-electron chi connectivity index (χ2n) is 4.35. The van der Waals surface area contributed by atoms with E-state index in [-0.39, 0.29) is 13.2 Å². The monoisotopic (exact) mass is 289 g/mol. The third kappa shape index (κ3) is 3.63. The van der Waals surface area contributed by atoms with Crippen molar-refractivity contribution in [2.24, 2.45) is 5.16 Å². The molecule has 0 bridgehead atoms. The molecule has 0 fully saturated rings. The van der Waals surface area contributed by atoms with E-state index in [1.165, 1.54) is 0 Å². The standard InChI is InChI=1S/C13H14F3NO3/c14-13(15,16)8-19-6-7-20-12-3-1-2-9-10(12)4-5-11(9)17-18/h1-3,18H,4-8H2. The van der Waals surface area contributed by atoms with Crippen LogP contribution in [-0.4, -0.2) is 36.9 Å². The van der Waals surface area contributed by atoms with Gasteiger partial charge in [-0.15, -0.1) is 0 Å². The molecular formula is C13H14F3NO3. The maximum absolute atomic E-state index is 11.9. The van der Waals surface area contributed by atoms with Crippen molar-refractivity contribution >= 4 is 5.71 Å². The fourth-order valence-electron chi connectivity index (χ4n) is 2.11. The largest absolute Gasteiger partial charge is 0.491 e. The fraction of sp³-hybridized carbons (Fsp3) is 0.462. The van der Waals surface area contributed by atoms with Crippen molar-refractivity contribution < 1.29 is 27.9 Å². The predicted octanol–water partition coefficient (Wildman–Crippen LogP) is 2.77. The zero-order valence-electron chi connectivity index (χ0n) is 10.6. The van der Waals surface area contributed by atoms with Gasteiger partial charge in [-0.2, -0.15) is 13.2 Å². The SMILES string of the molecule is ON=C1CCc2c(OCCOCC(F)(F)F)cccc21. The number of halogens is 3. The molecule has 110 valence electrons. The van der Waals surface area contributed by atoms with Crippen LogP contribution in [0.1, 0.15) is 17.5 Å². The molecule has 0 saturated heterocycles. The fourth-order valence-corrected chi connectivity index (χ4v) is 2.11. The molecule has 0 aromatic heterocycles. The molecule has 0 atom stereocenters. The van der Waals surface area contributed by atoms with E-state index in [4.69, 9.17) is 9.94 Å². The molecule has 0 spiro atoms. The molecule has 1 aliphatic carbocycles. The van der Waals surface area contributed by atoms with Crippen molar-refractivity contribution in [3.05, 3.63) is 29.3 Å². The zero-order valence-corrected chi connectivity index (χ0v) is 10.6. The van der Waals surface area contributed by atoms with E-state index >= 15 is 0 Å². The Bertz CT molecular complexity index is 500. The van der Waals surface area contributed by atoms with E-state index in [9.17, 15) is 13.2 Å². The van der Waals surface area contributed by atoms with E-state index in [1.54, 1.807) is 12.1 Å². The first-order valence-corrected chi connectivity index (χ1v) is 6.12. The van der Waals surface area contributed by atoms with E-state index in [0.717, 1.165) is 11.1 Å². The highest BCUT2D eigenvalue weighted by atomic mass is 19.4. The minimum atomic E-state index is -4.32. The minimum absolute atomic E-state index is 0.0398. The number of fused-ring (bicyclic) bond motifs is 1. The Labute approximate surface area is 113 Å². The normalized spacial score (nSPS) is 16.4. The van der Waals surface area contributed by atoms with Crippen LogP contribution in [0.4, 0.5) is 13.2 Å². The van der Waals surface area contributed by atoms with Gasteiger partial charge in [0.2, 0.25) is 0 Å². The molecule has 0 radical (unpaired) electrons. The summed E-state index contributed by atoms with van der Waals surface area (Å²) in [7, 11) is 0. The zero-order chi connectivity index (χ0) is 14.6. The van der Waals surface area contributed by atoms with Gasteiger partial charge in [0.05, 0.1) is 12.3 Å². The number of hydrogen-bond donors (Lipinski definition) is 1. The Balaban J connectivity index is 1.87. The molecule has 1 N–H and O–H groups in total. The van der Waals surface area contributed by atoms with Gasteiger partial charge in [-0.3, -0.25) is 0 Å². The van der Waals surface area contributed by atoms with Gasteiger partial charge in [-0.05, 0) is 18.9 Å². The summed E-state index contributed by atoms with van der Waals surface area (Å²) in [5.74, 6) is 0.594. The van der Waals surface area contributed by atoms with Crippen LogP contribution >= 0.6 is 0 Å². The summed E-state index contributed by atoms with van der Waals surface area (Å²) in [5.41, 5.74) is 2.33. The van der Waals surface area contributed by atoms with E-state index in [1.807, 2.05) is 6.07 Å². The molecule has 20 heavy (non-hydrogen) atoms. The summed E-state index contributed by atoms with van der Waals surface area (Å²) in [6, 6.07) is 5.31. The summed E-state index contributed by atoms with van der Waals surface area (Å²) in [4.78, 5) is 0. The molecule has 4 nitrogen and oxygen atoms in total. The maximum Gasteiger partial charge on any atom is 0.411 e. The van der Waals surface area contributed by atoms with Crippen LogP contribution in [0.5, 0.6) is 5.75 Å². The van der Waals surface area contributed by atoms with Gasteiger partial charge >= 0.3 is 6.18 Å². The lowest BCUT2D eigenvalue weighted by Gasteiger charge is -2.11. The molecule has 7 heteroatoms. The Morgan fingerprint density at radius 2 is 2.00 bits per heavy atom. The average Bonchev–Trinajstić information content (AvgIpc) is 2.80. The van der Waals surface area contributed by atoms with Gasteiger partial charge in [0.1, 0.15) is 19.0 Å². The third-order valence-electron chi connectivity index (χ3n) is 2.93. The molecule has 2 rings (SSSR count). The Morgan fingerprint density at radius 1 is 1.20 bits per heavy atom. The number of oxime groups is 1. The lowest BCUT2D eigenvalue weighted by Crippen LogP contribution is -2.19. The van der Waals surface area contributed by atoms with Crippen LogP contribution in [-0.2, 0) is 11.2 Å². The molecule has 0 amide bonds. The highest BCUT2D eigenvalue weighted by Gasteiger charge is 2.27. The lowest BCUT2D eigenvalue weighted by atomic mass is 10.1. The van der Waals surface area contributed by atoms with E-state index in [2.05, 4.69) is 9.89 Å². The number of hydrogen-bond acceptors (Lipinski definition) is 4. The first kappa shape index (κ1) is 14.6. The number of rotatable bonds is 5. The minimum Gasteiger partial charge on any atom is -0.491 e. The van der Waals surface area contributed by atoms with Gasteiger partial charge < -0.3 is 14.7 Å². The second-order valence-corrected chi connectivity index (χ2v) is 4.35. The molecule has 0 heterocycles. The molecule has 1 aliphatic rings. The molecular weight excluding hydrogens is 275 g/mol. The quantitative estimate of drug-likeness (QED) is 0.515. The van der Waals surface area contributed by atoms with Gasteiger partial charge in [-0.25, -0.2) is 0 Å². The van der Waals surface area contributed by atoms with Crippen LogP contribution in [0.3, 0.4) is 0 Å². The topological polar surface area (TPSA) is 51.1 Å². The van der Waals surface area contributed by atoms with Crippen molar-refractivity contribution in [2.75, 3.05) is 19.8 Å². The molecule has 0 unspecified atom stereocenters. The van der Waals surface area contributed by atoms with E-state index < -0.39 is 12.8 Å². The first-order chi connectivity index (χ1) is 9.51. The number of benzene rings is 1. The van der Waals surface area contributed by atoms with Crippen LogP contribution in [0.2, 0.25) is 0 Å².